The number of nitrogens with one attached hydrogen (secondary N) is 1. The zero-order chi connectivity index (χ0) is 25.4. The van der Waals surface area contributed by atoms with Crippen molar-refractivity contribution in [3.8, 4) is 0 Å². The third-order valence-electron chi connectivity index (χ3n) is 6.02. The van der Waals surface area contributed by atoms with Crippen molar-refractivity contribution in [1.29, 1.82) is 0 Å². The van der Waals surface area contributed by atoms with Crippen molar-refractivity contribution >= 4 is 20.4 Å². The van der Waals surface area contributed by atoms with Crippen molar-refractivity contribution in [3.63, 3.8) is 0 Å². The van der Waals surface area contributed by atoms with E-state index >= 15 is 0 Å². The van der Waals surface area contributed by atoms with Crippen LogP contribution in [0.1, 0.15) is 59.9 Å². The topological polar surface area (TPSA) is 84.9 Å². The lowest BCUT2D eigenvalue weighted by atomic mass is 9.91. The molecular weight excluding hydrogens is 434 g/mol. The smallest absolute Gasteiger partial charge is 0.407 e. The SMILES string of the molecule is C=CC[C@H](C[C@H](O[Si](C)(C)C(C)(C)C)[C@H](Cc1ccccc1)NC(=O)OC(C)(C)C)C(=O)O. The second kappa shape index (κ2) is 11.8. The number of hydrogen-bond acceptors (Lipinski definition) is 4. The van der Waals surface area contributed by atoms with Gasteiger partial charge in [-0.1, -0.05) is 57.2 Å². The van der Waals surface area contributed by atoms with Crippen LogP contribution in [0, 0.1) is 5.92 Å². The Kier molecular flexibility index (Phi) is 10.4. The highest BCUT2D eigenvalue weighted by atomic mass is 28.4. The van der Waals surface area contributed by atoms with Crippen LogP contribution in [-0.4, -0.2) is 43.2 Å². The number of carboxylic acid groups (broad SMARTS) is 1. The fourth-order valence-corrected chi connectivity index (χ4v) is 4.60. The van der Waals surface area contributed by atoms with E-state index in [4.69, 9.17) is 9.16 Å². The van der Waals surface area contributed by atoms with Gasteiger partial charge in [0.1, 0.15) is 5.60 Å². The van der Waals surface area contributed by atoms with Crippen LogP contribution in [-0.2, 0) is 20.4 Å². The molecule has 2 N–H and O–H groups in total. The Labute approximate surface area is 200 Å². The fraction of sp³-hybridized carbons (Fsp3) is 0.615. The first-order valence-electron chi connectivity index (χ1n) is 11.6. The van der Waals surface area contributed by atoms with Gasteiger partial charge in [-0.2, -0.15) is 0 Å². The molecule has 3 atom stereocenters. The Balaban J connectivity index is 3.38. The van der Waals surface area contributed by atoms with E-state index in [9.17, 15) is 14.7 Å². The quantitative estimate of drug-likeness (QED) is 0.294. The summed E-state index contributed by atoms with van der Waals surface area (Å²) in [5, 5.41) is 12.7. The van der Waals surface area contributed by atoms with Crippen LogP contribution < -0.4 is 5.32 Å². The molecule has 0 saturated heterocycles. The molecule has 0 unspecified atom stereocenters. The number of rotatable bonds is 11. The maximum atomic E-state index is 12.8. The standard InChI is InChI=1S/C26H43NO5Si/c1-10-14-20(23(28)29)18-22(32-33(8,9)26(5,6)7)21(17-19-15-12-11-13-16-19)27-24(30)31-25(2,3)4/h10-13,15-16,20-22H,1,14,17-18H2,2-9H3,(H,27,30)(H,28,29)/t20-,21+,22+/m1/s1. The van der Waals surface area contributed by atoms with E-state index < -0.39 is 44.0 Å². The largest absolute Gasteiger partial charge is 0.481 e. The molecule has 0 aliphatic carbocycles. The molecule has 0 fully saturated rings. The number of hydrogen-bond donors (Lipinski definition) is 2. The minimum absolute atomic E-state index is 0.0778. The lowest BCUT2D eigenvalue weighted by Gasteiger charge is -2.42. The van der Waals surface area contributed by atoms with Gasteiger partial charge in [0.05, 0.1) is 18.1 Å². The van der Waals surface area contributed by atoms with Gasteiger partial charge in [-0.3, -0.25) is 4.79 Å². The highest BCUT2D eigenvalue weighted by Gasteiger charge is 2.42. The average molecular weight is 478 g/mol. The molecule has 0 saturated carbocycles. The molecule has 0 radical (unpaired) electrons. The highest BCUT2D eigenvalue weighted by Crippen LogP contribution is 2.39. The predicted octanol–water partition coefficient (Wildman–Crippen LogP) is 6.18. The van der Waals surface area contributed by atoms with E-state index in [1.807, 2.05) is 51.1 Å². The van der Waals surface area contributed by atoms with Gasteiger partial charge in [0.25, 0.3) is 0 Å². The summed E-state index contributed by atoms with van der Waals surface area (Å²) < 4.78 is 12.3. The molecule has 0 heterocycles. The first-order chi connectivity index (χ1) is 15.1. The first-order valence-corrected chi connectivity index (χ1v) is 14.5. The van der Waals surface area contributed by atoms with Gasteiger partial charge < -0.3 is 19.6 Å². The van der Waals surface area contributed by atoms with Gasteiger partial charge in [-0.15, -0.1) is 6.58 Å². The number of aliphatic carboxylic acids is 1. The third kappa shape index (κ3) is 10.1. The number of carbonyl (C=O) groups is 2. The molecular formula is C26H43NO5Si. The van der Waals surface area contributed by atoms with E-state index in [2.05, 4.69) is 45.8 Å². The van der Waals surface area contributed by atoms with Crippen LogP contribution in [0.3, 0.4) is 0 Å². The lowest BCUT2D eigenvalue weighted by Crippen LogP contribution is -2.54. The minimum Gasteiger partial charge on any atom is -0.481 e. The van der Waals surface area contributed by atoms with Gasteiger partial charge in [0.2, 0.25) is 0 Å². The predicted molar refractivity (Wildman–Crippen MR) is 136 cm³/mol. The van der Waals surface area contributed by atoms with E-state index in [0.29, 0.717) is 12.8 Å². The van der Waals surface area contributed by atoms with Crippen LogP contribution in [0.5, 0.6) is 0 Å². The van der Waals surface area contributed by atoms with Gasteiger partial charge in [0.15, 0.2) is 8.32 Å². The molecule has 1 aromatic carbocycles. The number of allylic oxidation sites excluding steroid dienone is 1. The summed E-state index contributed by atoms with van der Waals surface area (Å²) >= 11 is 0. The highest BCUT2D eigenvalue weighted by molar-refractivity contribution is 6.74. The summed E-state index contributed by atoms with van der Waals surface area (Å²) in [7, 11) is -2.28. The summed E-state index contributed by atoms with van der Waals surface area (Å²) in [5.74, 6) is -1.55. The lowest BCUT2D eigenvalue weighted by molar-refractivity contribution is -0.142. The zero-order valence-electron chi connectivity index (χ0n) is 21.6. The number of benzene rings is 1. The molecule has 0 spiro atoms. The van der Waals surface area contributed by atoms with Crippen LogP contribution in [0.4, 0.5) is 4.79 Å². The number of alkyl carbamates (subject to hydrolysis) is 1. The van der Waals surface area contributed by atoms with Crippen molar-refractivity contribution in [2.45, 2.75) is 96.7 Å². The first kappa shape index (κ1) is 28.9. The maximum absolute atomic E-state index is 12.8. The Bertz CT molecular complexity index is 780. The summed E-state index contributed by atoms with van der Waals surface area (Å²) in [6.45, 7) is 19.9. The summed E-state index contributed by atoms with van der Waals surface area (Å²) in [6.07, 6.45) is 1.68. The summed E-state index contributed by atoms with van der Waals surface area (Å²) in [4.78, 5) is 24.7. The maximum Gasteiger partial charge on any atom is 0.407 e. The summed E-state index contributed by atoms with van der Waals surface area (Å²) in [6, 6.07) is 9.36. The Morgan fingerprint density at radius 1 is 1.12 bits per heavy atom. The number of carboxylic acids is 1. The molecule has 1 rings (SSSR count). The van der Waals surface area contributed by atoms with E-state index in [1.165, 1.54) is 0 Å². The van der Waals surface area contributed by atoms with Crippen molar-refractivity contribution in [2.24, 2.45) is 5.92 Å². The monoisotopic (exact) mass is 477 g/mol. The normalized spacial score (nSPS) is 15.3. The van der Waals surface area contributed by atoms with Gasteiger partial charge in [0, 0.05) is 0 Å². The van der Waals surface area contributed by atoms with Crippen molar-refractivity contribution < 1.29 is 23.9 Å². The van der Waals surface area contributed by atoms with E-state index in [0.717, 1.165) is 5.56 Å². The van der Waals surface area contributed by atoms with Crippen molar-refractivity contribution in [2.75, 3.05) is 0 Å². The molecule has 1 amide bonds. The second-order valence-corrected chi connectivity index (χ2v) is 15.9. The molecule has 0 bridgehead atoms. The molecule has 186 valence electrons. The Morgan fingerprint density at radius 2 is 1.70 bits per heavy atom. The second-order valence-electron chi connectivity index (χ2n) is 11.2. The van der Waals surface area contributed by atoms with Crippen LogP contribution in [0.15, 0.2) is 43.0 Å². The minimum atomic E-state index is -2.28. The Morgan fingerprint density at radius 3 is 2.15 bits per heavy atom. The molecule has 0 aliphatic heterocycles. The van der Waals surface area contributed by atoms with Crippen LogP contribution in [0.25, 0.3) is 0 Å². The number of carbonyl (C=O) groups excluding carboxylic acids is 1. The van der Waals surface area contributed by atoms with Crippen LogP contribution >= 0.6 is 0 Å². The van der Waals surface area contributed by atoms with Crippen molar-refractivity contribution in [3.05, 3.63) is 48.6 Å². The zero-order valence-corrected chi connectivity index (χ0v) is 22.6. The van der Waals surface area contributed by atoms with Gasteiger partial charge in [-0.05, 0) is 63.7 Å². The molecule has 7 heteroatoms. The van der Waals surface area contributed by atoms with Crippen molar-refractivity contribution in [1.82, 2.24) is 5.32 Å². The molecule has 6 nitrogen and oxygen atoms in total. The molecule has 1 aromatic rings. The number of ether oxygens (including phenoxy) is 1. The van der Waals surface area contributed by atoms with Crippen LogP contribution in [0.2, 0.25) is 18.1 Å². The molecule has 33 heavy (non-hydrogen) atoms. The van der Waals surface area contributed by atoms with E-state index in [1.54, 1.807) is 6.08 Å². The van der Waals surface area contributed by atoms with E-state index in [-0.39, 0.29) is 11.5 Å². The summed E-state index contributed by atoms with van der Waals surface area (Å²) in [5.41, 5.74) is 0.377. The van der Waals surface area contributed by atoms with Gasteiger partial charge in [-0.25, -0.2) is 4.79 Å². The third-order valence-corrected chi connectivity index (χ3v) is 10.5. The van der Waals surface area contributed by atoms with Gasteiger partial charge >= 0.3 is 12.1 Å². The molecule has 0 aliphatic rings. The molecule has 0 aromatic heterocycles. The fourth-order valence-electron chi connectivity index (χ4n) is 3.23. The Hall–Kier alpha value is -2.12. The number of amides is 1. The average Bonchev–Trinajstić information content (AvgIpc) is 2.64.